The van der Waals surface area contributed by atoms with E-state index in [1.165, 1.54) is 15.6 Å². The van der Waals surface area contributed by atoms with Crippen LogP contribution in [0.1, 0.15) is 31.2 Å². The Bertz CT molecular complexity index is 789. The van der Waals surface area contributed by atoms with Gasteiger partial charge in [0.15, 0.2) is 0 Å². The first-order valence-corrected chi connectivity index (χ1v) is 10.8. The molecule has 1 aromatic heterocycles. The minimum Gasteiger partial charge on any atom is -0.352 e. The molecular formula is C18H22N2O3S2. The van der Waals surface area contributed by atoms with Crippen LogP contribution in [0.15, 0.2) is 52.1 Å². The zero-order valence-electron chi connectivity index (χ0n) is 13.9. The summed E-state index contributed by atoms with van der Waals surface area (Å²) >= 11 is 1.22. The van der Waals surface area contributed by atoms with Crippen LogP contribution in [0.5, 0.6) is 0 Å². The molecular weight excluding hydrogens is 356 g/mol. The molecule has 5 nitrogen and oxygen atoms in total. The second kappa shape index (κ2) is 8.12. The van der Waals surface area contributed by atoms with Gasteiger partial charge in [-0.2, -0.15) is 4.31 Å². The second-order valence-corrected chi connectivity index (χ2v) is 9.23. The standard InChI is InChI=1S/C18H22N2O3S2/c21-17(19-14-15-7-2-1-3-8-15)13-16-9-4-5-11-20(16)25(22,23)18-10-6-12-24-18/h1-3,6-8,10,12,16H,4-5,9,11,13-14H2,(H,19,21)/t16-/m1/s1. The number of nitrogens with zero attached hydrogens (tertiary/aromatic N) is 1. The van der Waals surface area contributed by atoms with Crippen molar-refractivity contribution in [3.63, 3.8) is 0 Å². The van der Waals surface area contributed by atoms with Crippen LogP contribution >= 0.6 is 11.3 Å². The Hall–Kier alpha value is -1.70. The maximum Gasteiger partial charge on any atom is 0.252 e. The van der Waals surface area contributed by atoms with Crippen molar-refractivity contribution in [2.75, 3.05) is 6.54 Å². The van der Waals surface area contributed by atoms with Crippen molar-refractivity contribution in [2.24, 2.45) is 0 Å². The molecule has 1 aliphatic heterocycles. The molecule has 0 radical (unpaired) electrons. The van der Waals surface area contributed by atoms with E-state index >= 15 is 0 Å². The van der Waals surface area contributed by atoms with E-state index in [2.05, 4.69) is 5.32 Å². The Morgan fingerprint density at radius 1 is 1.16 bits per heavy atom. The average Bonchev–Trinajstić information content (AvgIpc) is 3.17. The molecule has 1 fully saturated rings. The number of hydrogen-bond acceptors (Lipinski definition) is 4. The zero-order chi connectivity index (χ0) is 17.7. The third-order valence-electron chi connectivity index (χ3n) is 4.38. The van der Waals surface area contributed by atoms with E-state index in [0.29, 0.717) is 17.3 Å². The molecule has 1 N–H and O–H groups in total. The smallest absolute Gasteiger partial charge is 0.252 e. The van der Waals surface area contributed by atoms with Gasteiger partial charge in [0.25, 0.3) is 10.0 Å². The minimum absolute atomic E-state index is 0.109. The lowest BCUT2D eigenvalue weighted by molar-refractivity contribution is -0.122. The number of piperidine rings is 1. The number of sulfonamides is 1. The topological polar surface area (TPSA) is 66.5 Å². The van der Waals surface area contributed by atoms with E-state index in [9.17, 15) is 13.2 Å². The molecule has 0 spiro atoms. The van der Waals surface area contributed by atoms with Gasteiger partial charge in [0.2, 0.25) is 5.91 Å². The molecule has 0 saturated carbocycles. The van der Waals surface area contributed by atoms with Crippen molar-refractivity contribution in [1.82, 2.24) is 9.62 Å². The van der Waals surface area contributed by atoms with Gasteiger partial charge in [-0.15, -0.1) is 11.3 Å². The summed E-state index contributed by atoms with van der Waals surface area (Å²) in [5.41, 5.74) is 1.03. The molecule has 1 atom stereocenters. The van der Waals surface area contributed by atoms with Gasteiger partial charge in [-0.05, 0) is 29.9 Å². The SMILES string of the molecule is O=C(C[C@H]1CCCCN1S(=O)(=O)c1cccs1)NCc1ccccc1. The van der Waals surface area contributed by atoms with Gasteiger partial charge in [0.1, 0.15) is 4.21 Å². The predicted octanol–water partition coefficient (Wildman–Crippen LogP) is 3.00. The molecule has 0 bridgehead atoms. The molecule has 1 aliphatic rings. The van der Waals surface area contributed by atoms with Crippen LogP contribution < -0.4 is 5.32 Å². The predicted molar refractivity (Wildman–Crippen MR) is 98.8 cm³/mol. The molecule has 1 saturated heterocycles. The number of carbonyl (C=O) groups excluding carboxylic acids is 1. The van der Waals surface area contributed by atoms with Crippen molar-refractivity contribution in [2.45, 2.75) is 42.5 Å². The monoisotopic (exact) mass is 378 g/mol. The Morgan fingerprint density at radius 3 is 2.68 bits per heavy atom. The molecule has 134 valence electrons. The van der Waals surface area contributed by atoms with Crippen LogP contribution in [-0.4, -0.2) is 31.2 Å². The van der Waals surface area contributed by atoms with Gasteiger partial charge in [-0.1, -0.05) is 42.8 Å². The van der Waals surface area contributed by atoms with Gasteiger partial charge in [-0.3, -0.25) is 4.79 Å². The Balaban J connectivity index is 1.64. The molecule has 2 heterocycles. The van der Waals surface area contributed by atoms with Gasteiger partial charge < -0.3 is 5.32 Å². The lowest BCUT2D eigenvalue weighted by Crippen LogP contribution is -2.45. The van der Waals surface area contributed by atoms with Crippen LogP contribution in [0, 0.1) is 0 Å². The van der Waals surface area contributed by atoms with Crippen molar-refractivity contribution in [3.8, 4) is 0 Å². The highest BCUT2D eigenvalue weighted by atomic mass is 32.2. The van der Waals surface area contributed by atoms with Crippen LogP contribution in [0.25, 0.3) is 0 Å². The summed E-state index contributed by atoms with van der Waals surface area (Å²) in [7, 11) is -3.51. The van der Waals surface area contributed by atoms with E-state index < -0.39 is 10.0 Å². The highest BCUT2D eigenvalue weighted by molar-refractivity contribution is 7.91. The van der Waals surface area contributed by atoms with Gasteiger partial charge >= 0.3 is 0 Å². The van der Waals surface area contributed by atoms with Crippen molar-refractivity contribution in [3.05, 3.63) is 53.4 Å². The lowest BCUT2D eigenvalue weighted by Gasteiger charge is -2.34. The number of thiophene rings is 1. The van der Waals surface area contributed by atoms with Crippen molar-refractivity contribution >= 4 is 27.3 Å². The molecule has 0 aliphatic carbocycles. The van der Waals surface area contributed by atoms with Gasteiger partial charge in [0.05, 0.1) is 0 Å². The average molecular weight is 379 g/mol. The molecule has 1 amide bonds. The normalized spacial score (nSPS) is 18.8. The van der Waals surface area contributed by atoms with Crippen LogP contribution in [0.3, 0.4) is 0 Å². The van der Waals surface area contributed by atoms with Crippen LogP contribution in [0.4, 0.5) is 0 Å². The number of amides is 1. The minimum atomic E-state index is -3.51. The number of nitrogens with one attached hydrogen (secondary N) is 1. The first kappa shape index (κ1) is 18.1. The maximum atomic E-state index is 12.8. The third kappa shape index (κ3) is 4.48. The fraction of sp³-hybridized carbons (Fsp3) is 0.389. The fourth-order valence-electron chi connectivity index (χ4n) is 3.10. The quantitative estimate of drug-likeness (QED) is 0.840. The van der Waals surface area contributed by atoms with E-state index in [1.807, 2.05) is 30.3 Å². The second-order valence-electron chi connectivity index (χ2n) is 6.16. The number of benzene rings is 1. The molecule has 0 unspecified atom stereocenters. The first-order valence-electron chi connectivity index (χ1n) is 8.43. The molecule has 3 rings (SSSR count). The summed E-state index contributed by atoms with van der Waals surface area (Å²) in [6.45, 7) is 0.945. The summed E-state index contributed by atoms with van der Waals surface area (Å²) in [6.07, 6.45) is 2.72. The van der Waals surface area contributed by atoms with Crippen LogP contribution in [0.2, 0.25) is 0 Å². The van der Waals surface area contributed by atoms with Gasteiger partial charge in [0, 0.05) is 25.6 Å². The lowest BCUT2D eigenvalue weighted by atomic mass is 10.0. The number of carbonyl (C=O) groups is 1. The van der Waals surface area contributed by atoms with E-state index in [-0.39, 0.29) is 18.4 Å². The fourth-order valence-corrected chi connectivity index (χ4v) is 5.92. The Morgan fingerprint density at radius 2 is 1.96 bits per heavy atom. The summed E-state index contributed by atoms with van der Waals surface area (Å²) < 4.78 is 27.5. The maximum absolute atomic E-state index is 12.8. The van der Waals surface area contributed by atoms with Crippen molar-refractivity contribution in [1.29, 1.82) is 0 Å². The summed E-state index contributed by atoms with van der Waals surface area (Å²) in [4.78, 5) is 12.3. The third-order valence-corrected chi connectivity index (χ3v) is 7.71. The largest absolute Gasteiger partial charge is 0.352 e. The number of rotatable bonds is 6. The van der Waals surface area contributed by atoms with Crippen molar-refractivity contribution < 1.29 is 13.2 Å². The van der Waals surface area contributed by atoms with Gasteiger partial charge in [-0.25, -0.2) is 8.42 Å². The van der Waals surface area contributed by atoms with E-state index in [0.717, 1.165) is 24.8 Å². The number of hydrogen-bond donors (Lipinski definition) is 1. The Kier molecular flexibility index (Phi) is 5.88. The van der Waals surface area contributed by atoms with Crippen LogP contribution in [-0.2, 0) is 21.4 Å². The summed E-state index contributed by atoms with van der Waals surface area (Å²) in [5.74, 6) is -0.109. The summed E-state index contributed by atoms with van der Waals surface area (Å²) in [5, 5.41) is 4.66. The Labute approximate surface area is 152 Å². The molecule has 1 aromatic carbocycles. The molecule has 25 heavy (non-hydrogen) atoms. The zero-order valence-corrected chi connectivity index (χ0v) is 15.6. The van der Waals surface area contributed by atoms with E-state index in [1.54, 1.807) is 17.5 Å². The molecule has 2 aromatic rings. The van der Waals surface area contributed by atoms with E-state index in [4.69, 9.17) is 0 Å². The molecule has 7 heteroatoms. The highest BCUT2D eigenvalue weighted by Gasteiger charge is 2.35. The highest BCUT2D eigenvalue weighted by Crippen LogP contribution is 2.29. The first-order chi connectivity index (χ1) is 12.1. The summed E-state index contributed by atoms with van der Waals surface area (Å²) in [6, 6.07) is 12.8.